The van der Waals surface area contributed by atoms with Gasteiger partial charge in [-0.3, -0.25) is 4.79 Å². The molecule has 0 radical (unpaired) electrons. The summed E-state index contributed by atoms with van der Waals surface area (Å²) < 4.78 is 33.4. The monoisotopic (exact) mass is 454 g/mol. The zero-order chi connectivity index (χ0) is 23.5. The van der Waals surface area contributed by atoms with E-state index in [1.54, 1.807) is 26.8 Å². The predicted octanol–water partition coefficient (Wildman–Crippen LogP) is 3.92. The molecule has 0 aliphatic carbocycles. The third kappa shape index (κ3) is 6.04. The van der Waals surface area contributed by atoms with Gasteiger partial charge in [0, 0.05) is 17.1 Å². The highest BCUT2D eigenvalue weighted by molar-refractivity contribution is 7.92. The lowest BCUT2D eigenvalue weighted by Gasteiger charge is -2.16. The first-order valence-corrected chi connectivity index (χ1v) is 11.5. The summed E-state index contributed by atoms with van der Waals surface area (Å²) in [5, 5.41) is 2.73. The molecule has 9 heteroatoms. The molecule has 0 saturated carbocycles. The summed E-state index contributed by atoms with van der Waals surface area (Å²) in [4.78, 5) is 20.7. The van der Waals surface area contributed by atoms with Crippen LogP contribution in [0.1, 0.15) is 29.4 Å². The van der Waals surface area contributed by atoms with E-state index in [9.17, 15) is 13.2 Å². The van der Waals surface area contributed by atoms with Crippen LogP contribution in [0.25, 0.3) is 0 Å². The van der Waals surface area contributed by atoms with Crippen molar-refractivity contribution in [3.05, 3.63) is 71.0 Å². The molecule has 1 atom stereocenters. The molecule has 0 fully saturated rings. The van der Waals surface area contributed by atoms with E-state index in [0.717, 1.165) is 11.1 Å². The molecule has 1 aromatic heterocycles. The molecule has 0 saturated heterocycles. The molecule has 0 bridgehead atoms. The van der Waals surface area contributed by atoms with Crippen molar-refractivity contribution in [1.82, 2.24) is 9.97 Å². The smallest absolute Gasteiger partial charge is 0.265 e. The number of anilines is 2. The lowest BCUT2D eigenvalue weighted by molar-refractivity contribution is -0.122. The summed E-state index contributed by atoms with van der Waals surface area (Å²) in [6.45, 7) is 9.09. The molecule has 8 nitrogen and oxygen atoms in total. The van der Waals surface area contributed by atoms with Crippen LogP contribution in [-0.2, 0) is 14.8 Å². The molecular formula is C23H26N4O4S. The van der Waals surface area contributed by atoms with E-state index in [1.165, 1.54) is 24.3 Å². The van der Waals surface area contributed by atoms with Crippen molar-refractivity contribution >= 4 is 27.6 Å². The molecule has 2 N–H and O–H groups in total. The molecule has 3 rings (SSSR count). The van der Waals surface area contributed by atoms with Crippen LogP contribution in [0.15, 0.2) is 53.4 Å². The highest BCUT2D eigenvalue weighted by Crippen LogP contribution is 2.20. The number of nitrogens with one attached hydrogen (secondary N) is 2. The SMILES string of the molecule is Cc1cc(C)cc(OC(C)C(=O)Nc2ccc(S(=O)(=O)Nc3nc(C)cc(C)n3)cc2)c1. The molecule has 0 aliphatic heterocycles. The van der Waals surface area contributed by atoms with Gasteiger partial charge in [-0.2, -0.15) is 0 Å². The molecule has 3 aromatic rings. The molecule has 1 unspecified atom stereocenters. The molecule has 0 aliphatic rings. The fourth-order valence-corrected chi connectivity index (χ4v) is 4.11. The maximum atomic E-state index is 12.6. The van der Waals surface area contributed by atoms with Crippen LogP contribution in [0.2, 0.25) is 0 Å². The summed E-state index contributed by atoms with van der Waals surface area (Å²) >= 11 is 0. The number of rotatable bonds is 7. The summed E-state index contributed by atoms with van der Waals surface area (Å²) in [6, 6.07) is 13.3. The number of benzene rings is 2. The van der Waals surface area contributed by atoms with Gasteiger partial charge < -0.3 is 10.1 Å². The predicted molar refractivity (Wildman–Crippen MR) is 123 cm³/mol. The Morgan fingerprint density at radius 2 is 1.47 bits per heavy atom. The van der Waals surface area contributed by atoms with E-state index in [4.69, 9.17) is 4.74 Å². The third-order valence-electron chi connectivity index (χ3n) is 4.52. The summed E-state index contributed by atoms with van der Waals surface area (Å²) in [5.41, 5.74) is 3.86. The van der Waals surface area contributed by atoms with E-state index < -0.39 is 16.1 Å². The second-order valence-electron chi connectivity index (χ2n) is 7.68. The number of hydrogen-bond acceptors (Lipinski definition) is 6. The van der Waals surface area contributed by atoms with Gasteiger partial charge >= 0.3 is 0 Å². The molecular weight excluding hydrogens is 428 g/mol. The molecule has 2 aromatic carbocycles. The van der Waals surface area contributed by atoms with Crippen LogP contribution >= 0.6 is 0 Å². The Labute approximate surface area is 188 Å². The minimum atomic E-state index is -3.87. The maximum Gasteiger partial charge on any atom is 0.265 e. The zero-order valence-corrected chi connectivity index (χ0v) is 19.4. The van der Waals surface area contributed by atoms with Crippen LogP contribution in [0.3, 0.4) is 0 Å². The van der Waals surface area contributed by atoms with Gasteiger partial charge in [0.25, 0.3) is 15.9 Å². The number of hydrogen-bond donors (Lipinski definition) is 2. The summed E-state index contributed by atoms with van der Waals surface area (Å²) in [7, 11) is -3.87. The number of carbonyl (C=O) groups is 1. The van der Waals surface area contributed by atoms with Crippen molar-refractivity contribution < 1.29 is 17.9 Å². The van der Waals surface area contributed by atoms with Crippen molar-refractivity contribution in [1.29, 1.82) is 0 Å². The Hall–Kier alpha value is -3.46. The Morgan fingerprint density at radius 1 is 0.906 bits per heavy atom. The Bertz CT molecular complexity index is 1200. The Morgan fingerprint density at radius 3 is 2.03 bits per heavy atom. The maximum absolute atomic E-state index is 12.6. The van der Waals surface area contributed by atoms with Crippen molar-refractivity contribution in [2.45, 2.75) is 45.6 Å². The van der Waals surface area contributed by atoms with E-state index >= 15 is 0 Å². The van der Waals surface area contributed by atoms with Crippen molar-refractivity contribution in [2.24, 2.45) is 0 Å². The lowest BCUT2D eigenvalue weighted by atomic mass is 10.1. The van der Waals surface area contributed by atoms with Crippen LogP contribution in [0, 0.1) is 27.7 Å². The molecule has 32 heavy (non-hydrogen) atoms. The first kappa shape index (κ1) is 23.2. The summed E-state index contributed by atoms with van der Waals surface area (Å²) in [6.07, 6.45) is -0.733. The number of nitrogens with zero attached hydrogens (tertiary/aromatic N) is 2. The van der Waals surface area contributed by atoms with Crippen LogP contribution in [-0.4, -0.2) is 30.4 Å². The minimum Gasteiger partial charge on any atom is -0.481 e. The number of carbonyl (C=O) groups excluding carboxylic acids is 1. The summed E-state index contributed by atoms with van der Waals surface area (Å²) in [5.74, 6) is 0.282. The van der Waals surface area contributed by atoms with E-state index in [1.807, 2.05) is 32.0 Å². The fourth-order valence-electron chi connectivity index (χ4n) is 3.17. The number of amides is 1. The largest absolute Gasteiger partial charge is 0.481 e. The standard InChI is InChI=1S/C23H26N4O4S/c1-14-10-15(2)12-20(11-14)31-18(5)22(28)26-19-6-8-21(9-7-19)32(29,30)27-23-24-16(3)13-17(4)25-23/h6-13,18H,1-5H3,(H,26,28)(H,24,25,27). The van der Waals surface area contributed by atoms with Crippen molar-refractivity contribution in [3.8, 4) is 5.75 Å². The average molecular weight is 455 g/mol. The van der Waals surface area contributed by atoms with Gasteiger partial charge in [0.05, 0.1) is 4.90 Å². The quantitative estimate of drug-likeness (QED) is 0.560. The number of ether oxygens (including phenoxy) is 1. The van der Waals surface area contributed by atoms with Gasteiger partial charge in [0.2, 0.25) is 5.95 Å². The Kier molecular flexibility index (Phi) is 6.78. The fraction of sp³-hybridized carbons (Fsp3) is 0.261. The Balaban J connectivity index is 1.66. The minimum absolute atomic E-state index is 0.0113. The first-order valence-electron chi connectivity index (χ1n) is 10.0. The normalized spacial score (nSPS) is 12.2. The van der Waals surface area contributed by atoms with E-state index in [2.05, 4.69) is 20.0 Å². The van der Waals surface area contributed by atoms with Crippen molar-refractivity contribution in [2.75, 3.05) is 10.0 Å². The zero-order valence-electron chi connectivity index (χ0n) is 18.6. The van der Waals surface area contributed by atoms with Crippen LogP contribution in [0.4, 0.5) is 11.6 Å². The molecule has 168 valence electrons. The third-order valence-corrected chi connectivity index (χ3v) is 5.86. The highest BCUT2D eigenvalue weighted by atomic mass is 32.2. The van der Waals surface area contributed by atoms with E-state index in [-0.39, 0.29) is 16.8 Å². The van der Waals surface area contributed by atoms with Crippen LogP contribution in [0.5, 0.6) is 5.75 Å². The molecule has 1 heterocycles. The lowest BCUT2D eigenvalue weighted by Crippen LogP contribution is -2.30. The van der Waals surface area contributed by atoms with Gasteiger partial charge in [-0.1, -0.05) is 6.07 Å². The van der Waals surface area contributed by atoms with Gasteiger partial charge in [-0.25, -0.2) is 23.1 Å². The first-order chi connectivity index (χ1) is 15.0. The van der Waals surface area contributed by atoms with Crippen molar-refractivity contribution in [3.63, 3.8) is 0 Å². The van der Waals surface area contributed by atoms with Gasteiger partial charge in [0.1, 0.15) is 5.75 Å². The van der Waals surface area contributed by atoms with Gasteiger partial charge in [0.15, 0.2) is 6.10 Å². The average Bonchev–Trinajstić information content (AvgIpc) is 2.66. The highest BCUT2D eigenvalue weighted by Gasteiger charge is 2.18. The second-order valence-corrected chi connectivity index (χ2v) is 9.36. The van der Waals surface area contributed by atoms with Crippen LogP contribution < -0.4 is 14.8 Å². The topological polar surface area (TPSA) is 110 Å². The number of sulfonamides is 1. The van der Waals surface area contributed by atoms with Gasteiger partial charge in [-0.15, -0.1) is 0 Å². The molecule has 0 spiro atoms. The second kappa shape index (κ2) is 9.35. The number of aryl methyl sites for hydroxylation is 4. The molecule has 1 amide bonds. The van der Waals surface area contributed by atoms with E-state index in [0.29, 0.717) is 22.8 Å². The number of aromatic nitrogens is 2. The van der Waals surface area contributed by atoms with Gasteiger partial charge in [-0.05, 0) is 88.2 Å².